The van der Waals surface area contributed by atoms with Gasteiger partial charge in [0, 0.05) is 18.3 Å². The second kappa shape index (κ2) is 8.81. The minimum Gasteiger partial charge on any atom is -0.477 e. The van der Waals surface area contributed by atoms with Gasteiger partial charge in [0.05, 0.1) is 17.7 Å². The van der Waals surface area contributed by atoms with Gasteiger partial charge in [-0.1, -0.05) is 30.3 Å². The monoisotopic (exact) mass is 457 g/mol. The van der Waals surface area contributed by atoms with Crippen molar-refractivity contribution in [1.29, 1.82) is 0 Å². The topological polar surface area (TPSA) is 135 Å². The molecule has 1 aromatic carbocycles. The Balaban J connectivity index is 1.57. The summed E-state index contributed by atoms with van der Waals surface area (Å²) in [6.45, 7) is 2.96. The Kier molecular flexibility index (Phi) is 5.68. The first-order chi connectivity index (χ1) is 16.4. The molecule has 1 aliphatic heterocycles. The number of pyridine rings is 1. The maximum absolute atomic E-state index is 11.9. The third-order valence-electron chi connectivity index (χ3n) is 5.96. The van der Waals surface area contributed by atoms with Gasteiger partial charge in [0.2, 0.25) is 5.88 Å². The number of rotatable bonds is 6. The van der Waals surface area contributed by atoms with Crippen LogP contribution in [0.2, 0.25) is 0 Å². The number of amides is 1. The van der Waals surface area contributed by atoms with Crippen molar-refractivity contribution >= 4 is 29.8 Å². The Hall–Kier alpha value is -3.89. The van der Waals surface area contributed by atoms with Gasteiger partial charge in [0.1, 0.15) is 11.5 Å². The Morgan fingerprint density at radius 3 is 2.85 bits per heavy atom. The predicted octanol–water partition coefficient (Wildman–Crippen LogP) is 1.42. The Labute approximate surface area is 196 Å². The first kappa shape index (κ1) is 21.9. The van der Waals surface area contributed by atoms with Crippen LogP contribution in [-0.2, 0) is 13.0 Å². The molecule has 0 aliphatic carbocycles. The summed E-state index contributed by atoms with van der Waals surface area (Å²) in [5.41, 5.74) is 10.6. The van der Waals surface area contributed by atoms with Crippen LogP contribution in [0.1, 0.15) is 33.6 Å². The number of hydrogen-bond acceptors (Lipinski definition) is 7. The van der Waals surface area contributed by atoms with E-state index in [-0.39, 0.29) is 0 Å². The molecule has 9 nitrogen and oxygen atoms in total. The van der Waals surface area contributed by atoms with Crippen LogP contribution in [0.15, 0.2) is 48.7 Å². The van der Waals surface area contributed by atoms with E-state index >= 15 is 0 Å². The molecule has 3 aromatic heterocycles. The number of anilines is 1. The normalized spacial score (nSPS) is 12.8. The highest BCUT2D eigenvalue weighted by Crippen LogP contribution is 2.35. The number of aromatic nitrogens is 3. The molecule has 34 heavy (non-hydrogen) atoms. The lowest BCUT2D eigenvalue weighted by Gasteiger charge is -2.20. The Bertz CT molecular complexity index is 1400. The van der Waals surface area contributed by atoms with Gasteiger partial charge in [-0.3, -0.25) is 4.79 Å². The van der Waals surface area contributed by atoms with Gasteiger partial charge in [-0.05, 0) is 48.5 Å². The summed E-state index contributed by atoms with van der Waals surface area (Å²) in [5.74, 6) is 1.19. The molecule has 0 saturated heterocycles. The van der Waals surface area contributed by atoms with E-state index in [1.807, 2.05) is 25.3 Å². The number of fused-ring (bicyclic) bond motifs is 2. The molecule has 0 saturated carbocycles. The molecule has 0 unspecified atom stereocenters. The van der Waals surface area contributed by atoms with Crippen LogP contribution in [0.25, 0.3) is 16.9 Å². The van der Waals surface area contributed by atoms with Crippen molar-refractivity contribution in [2.24, 2.45) is 5.73 Å². The summed E-state index contributed by atoms with van der Waals surface area (Å²) in [7, 11) is -1.52. The van der Waals surface area contributed by atoms with Crippen molar-refractivity contribution < 1.29 is 19.6 Å². The van der Waals surface area contributed by atoms with Crippen molar-refractivity contribution in [3.63, 3.8) is 0 Å². The molecule has 1 aliphatic rings. The van der Waals surface area contributed by atoms with E-state index in [0.29, 0.717) is 41.8 Å². The summed E-state index contributed by atoms with van der Waals surface area (Å²) in [5, 5.41) is 22.3. The average molecular weight is 457 g/mol. The molecule has 4 heterocycles. The summed E-state index contributed by atoms with van der Waals surface area (Å²) in [4.78, 5) is 21.5. The molecule has 0 bridgehead atoms. The number of nitrogens with two attached hydrogens (primary N) is 1. The highest BCUT2D eigenvalue weighted by molar-refractivity contribution is 6.58. The van der Waals surface area contributed by atoms with Gasteiger partial charge in [-0.15, -0.1) is 0 Å². The molecule has 5 rings (SSSR count). The lowest BCUT2D eigenvalue weighted by atomic mass is 9.79. The molecule has 0 radical (unpaired) electrons. The zero-order valence-electron chi connectivity index (χ0n) is 18.7. The molecule has 4 aromatic rings. The predicted molar refractivity (Wildman–Crippen MR) is 129 cm³/mol. The van der Waals surface area contributed by atoms with Crippen LogP contribution in [0.4, 0.5) is 5.82 Å². The first-order valence-electron chi connectivity index (χ1n) is 11.1. The van der Waals surface area contributed by atoms with Crippen molar-refractivity contribution in [2.75, 3.05) is 11.9 Å². The maximum Gasteiger partial charge on any atom is 0.488 e. The third kappa shape index (κ3) is 3.97. The lowest BCUT2D eigenvalue weighted by molar-refractivity contribution is 0.0994. The van der Waals surface area contributed by atoms with Gasteiger partial charge in [0.15, 0.2) is 5.82 Å². The molecule has 0 fully saturated rings. The number of ether oxygens (including phenoxy) is 1. The van der Waals surface area contributed by atoms with E-state index in [1.165, 1.54) is 0 Å². The zero-order valence-corrected chi connectivity index (χ0v) is 18.7. The highest BCUT2D eigenvalue weighted by Gasteiger charge is 2.23. The molecule has 0 atom stereocenters. The Morgan fingerprint density at radius 2 is 2.06 bits per heavy atom. The summed E-state index contributed by atoms with van der Waals surface area (Å²) in [6.07, 6.45) is 3.51. The third-order valence-corrected chi connectivity index (χ3v) is 5.96. The number of nitrogens with zero attached hydrogens (tertiary/aromatic N) is 3. The SMILES string of the molecule is Cc1cn2c(C(N)=O)cccc2c1-c1nc(NCc2cccc(B(O)O)c2)c2c(n1)OCCC2. The summed E-state index contributed by atoms with van der Waals surface area (Å²) < 4.78 is 7.64. The quantitative estimate of drug-likeness (QED) is 0.322. The molecular weight excluding hydrogens is 433 g/mol. The number of primary amides is 1. The largest absolute Gasteiger partial charge is 0.488 e. The van der Waals surface area contributed by atoms with Crippen LogP contribution in [0.3, 0.4) is 0 Å². The fourth-order valence-electron chi connectivity index (χ4n) is 4.35. The van der Waals surface area contributed by atoms with Crippen molar-refractivity contribution in [1.82, 2.24) is 14.4 Å². The van der Waals surface area contributed by atoms with E-state index in [1.54, 1.807) is 34.7 Å². The summed E-state index contributed by atoms with van der Waals surface area (Å²) in [6, 6.07) is 12.4. The highest BCUT2D eigenvalue weighted by atomic mass is 16.5. The standard InChI is InChI=1S/C24H24BN5O4/c1-14-13-30-18(8-3-9-19(30)21(26)31)20(14)23-28-22(17-7-4-10-34-24(17)29-23)27-12-15-5-2-6-16(11-15)25(32)33/h2-3,5-6,8-9,11,13,32-33H,4,7,10,12H2,1H3,(H2,26,31)(H,27,28,29). The fraction of sp³-hybridized carbons (Fsp3) is 0.208. The number of carbonyl (C=O) groups excluding carboxylic acids is 1. The molecule has 0 spiro atoms. The molecular formula is C24H24BN5O4. The average Bonchev–Trinajstić information content (AvgIpc) is 3.18. The Morgan fingerprint density at radius 1 is 1.24 bits per heavy atom. The van der Waals surface area contributed by atoms with Crippen LogP contribution in [0, 0.1) is 6.92 Å². The fourth-order valence-corrected chi connectivity index (χ4v) is 4.35. The van der Waals surface area contributed by atoms with Crippen molar-refractivity contribution in [3.8, 4) is 17.3 Å². The van der Waals surface area contributed by atoms with Gasteiger partial charge >= 0.3 is 7.12 Å². The maximum atomic E-state index is 11.9. The molecule has 1 amide bonds. The number of benzene rings is 1. The summed E-state index contributed by atoms with van der Waals surface area (Å²) >= 11 is 0. The lowest BCUT2D eigenvalue weighted by Crippen LogP contribution is -2.30. The van der Waals surface area contributed by atoms with Crippen LogP contribution >= 0.6 is 0 Å². The second-order valence-electron chi connectivity index (χ2n) is 8.32. The minimum atomic E-state index is -1.52. The number of nitrogens with one attached hydrogen (secondary N) is 1. The zero-order chi connectivity index (χ0) is 23.8. The van der Waals surface area contributed by atoms with Gasteiger partial charge in [-0.25, -0.2) is 4.98 Å². The van der Waals surface area contributed by atoms with Gasteiger partial charge in [0.25, 0.3) is 5.91 Å². The van der Waals surface area contributed by atoms with Crippen LogP contribution in [-0.4, -0.2) is 44.0 Å². The van der Waals surface area contributed by atoms with E-state index in [0.717, 1.165) is 40.6 Å². The van der Waals surface area contributed by atoms with Crippen molar-refractivity contribution in [2.45, 2.75) is 26.3 Å². The first-order valence-corrected chi connectivity index (χ1v) is 11.1. The van der Waals surface area contributed by atoms with E-state index < -0.39 is 13.0 Å². The van der Waals surface area contributed by atoms with E-state index in [4.69, 9.17) is 20.4 Å². The molecule has 172 valence electrons. The number of hydrogen-bond donors (Lipinski definition) is 4. The van der Waals surface area contributed by atoms with Crippen LogP contribution in [0.5, 0.6) is 5.88 Å². The molecule has 10 heteroatoms. The van der Waals surface area contributed by atoms with E-state index in [9.17, 15) is 14.8 Å². The number of carbonyl (C=O) groups is 1. The number of aryl methyl sites for hydroxylation is 1. The minimum absolute atomic E-state index is 0.380. The van der Waals surface area contributed by atoms with Gasteiger partial charge in [-0.2, -0.15) is 4.98 Å². The molecule has 5 N–H and O–H groups in total. The van der Waals surface area contributed by atoms with Crippen molar-refractivity contribution in [3.05, 3.63) is 71.0 Å². The smallest absolute Gasteiger partial charge is 0.477 e. The van der Waals surface area contributed by atoms with Crippen LogP contribution < -0.4 is 21.3 Å². The van der Waals surface area contributed by atoms with Gasteiger partial charge < -0.3 is 30.2 Å². The van der Waals surface area contributed by atoms with E-state index in [2.05, 4.69) is 5.32 Å². The second-order valence-corrected chi connectivity index (χ2v) is 8.32.